The molecular weight excluding hydrogens is 1670 g/mol. The lowest BCUT2D eigenvalue weighted by Crippen LogP contribution is -2.64. The number of carboxylic acids is 2. The van der Waals surface area contributed by atoms with Crippen molar-refractivity contribution in [3.63, 3.8) is 0 Å². The van der Waals surface area contributed by atoms with Gasteiger partial charge in [-0.25, -0.2) is 24.4 Å². The number of hydrogen-bond acceptors (Lipinski definition) is 28. The van der Waals surface area contributed by atoms with Crippen LogP contribution in [-0.4, -0.2) is 272 Å². The maximum absolute atomic E-state index is 14.8. The number of aliphatic carboxylic acids is 1. The van der Waals surface area contributed by atoms with Gasteiger partial charge >= 0.3 is 18.0 Å². The summed E-state index contributed by atoms with van der Waals surface area (Å²) in [4.78, 5) is 149. The van der Waals surface area contributed by atoms with Crippen LogP contribution in [0, 0.1) is 40.9 Å². The third-order valence-corrected chi connectivity index (χ3v) is 27.2. The van der Waals surface area contributed by atoms with E-state index < -0.39 is 186 Å². The molecule has 674 valence electrons. The molecule has 3 unspecified atom stereocenters. The number of benzene rings is 3. The van der Waals surface area contributed by atoms with E-state index in [2.05, 4.69) is 34.8 Å². The van der Waals surface area contributed by atoms with Crippen LogP contribution >= 0.6 is 11.3 Å². The molecule has 3 aromatic carbocycles. The number of nitrogens with zero attached hydrogens (tertiary/aromatic N) is 7. The number of para-hydroxylation sites is 1. The fourth-order valence-corrected chi connectivity index (χ4v) is 21.7. The molecule has 6 aromatic rings. The Labute approximate surface area is 724 Å². The number of Topliss-reactive ketones (excluding diaryl/α,β-unsaturated/α-hetero) is 2. The van der Waals surface area contributed by atoms with Gasteiger partial charge in [-0.2, -0.15) is 13.5 Å². The van der Waals surface area contributed by atoms with Crippen molar-refractivity contribution < 1.29 is 126 Å². The zero-order chi connectivity index (χ0) is 90.1. The van der Waals surface area contributed by atoms with E-state index in [0.717, 1.165) is 63.4 Å². The minimum Gasteiger partial charge on any atom is -0.479 e. The second kappa shape index (κ2) is 37.9. The lowest BCUT2D eigenvalue weighted by molar-refractivity contribution is -0.248. The molecule has 14 rings (SSSR count). The normalized spacial score (nSPS) is 26.4. The third kappa shape index (κ3) is 21.0. The van der Waals surface area contributed by atoms with E-state index in [1.165, 1.54) is 23.2 Å². The Morgan fingerprint density at radius 2 is 1.54 bits per heavy atom. The molecule has 3 aliphatic heterocycles. The number of ether oxygens (including phenoxy) is 4. The van der Waals surface area contributed by atoms with Crippen LogP contribution in [0.4, 0.5) is 15.7 Å². The number of rotatable bonds is 38. The third-order valence-electron chi connectivity index (χ3n) is 25.6. The van der Waals surface area contributed by atoms with E-state index in [1.807, 2.05) is 52.9 Å². The fraction of sp³-hybridized carbons (Fsp3) is 0.552. The Bertz CT molecular complexity index is 5200. The Morgan fingerprint density at radius 3 is 2.22 bits per heavy atom. The number of anilines is 2. The highest BCUT2D eigenvalue weighted by atomic mass is 32.2. The highest BCUT2D eigenvalue weighted by Crippen LogP contribution is 2.72. The first-order valence-corrected chi connectivity index (χ1v) is 44.4. The van der Waals surface area contributed by atoms with Gasteiger partial charge in [0.25, 0.3) is 27.8 Å². The average Bonchev–Trinajstić information content (AvgIpc) is 1.10. The summed E-state index contributed by atoms with van der Waals surface area (Å²) in [5.41, 5.74) is 4.11. The summed E-state index contributed by atoms with van der Waals surface area (Å²) < 4.78 is 59.1. The number of ketones is 2. The van der Waals surface area contributed by atoms with Gasteiger partial charge in [-0.1, -0.05) is 81.5 Å². The van der Waals surface area contributed by atoms with Crippen molar-refractivity contribution in [3.8, 4) is 11.1 Å². The first-order valence-electron chi connectivity index (χ1n) is 41.9. The Kier molecular flexibility index (Phi) is 28.1. The minimum atomic E-state index is -4.43. The number of aromatic nitrogens is 4. The number of pyridine rings is 1. The number of nitrogens with one attached hydrogen (secondary N) is 3. The van der Waals surface area contributed by atoms with E-state index in [1.54, 1.807) is 56.4 Å². The zero-order valence-electron chi connectivity index (χ0n) is 70.2. The van der Waals surface area contributed by atoms with Gasteiger partial charge in [0.05, 0.1) is 78.5 Å². The number of carbonyl (C=O) groups is 10. The Morgan fingerprint density at radius 1 is 0.808 bits per heavy atom. The van der Waals surface area contributed by atoms with Crippen LogP contribution < -0.4 is 20.9 Å². The lowest BCUT2D eigenvalue weighted by atomic mass is 9.39. The smallest absolute Gasteiger partial charge is 0.410 e. The predicted molar refractivity (Wildman–Crippen MR) is 448 cm³/mol. The largest absolute Gasteiger partial charge is 0.479 e. The highest BCUT2D eigenvalue weighted by Gasteiger charge is 2.66. The number of carboxylic acid groups (broad SMARTS) is 2. The number of aliphatic hydroxyl groups is 7. The first kappa shape index (κ1) is 92.7. The Hall–Kier alpha value is -9.94. The van der Waals surface area contributed by atoms with Crippen molar-refractivity contribution in [1.29, 1.82) is 0 Å². The lowest BCUT2D eigenvalue weighted by Gasteiger charge is -2.69. The van der Waals surface area contributed by atoms with Crippen LogP contribution in [0.2, 0.25) is 0 Å². The van der Waals surface area contributed by atoms with Crippen molar-refractivity contribution in [2.45, 2.75) is 217 Å². The van der Waals surface area contributed by atoms with Gasteiger partial charge in [0, 0.05) is 86.0 Å². The van der Waals surface area contributed by atoms with Crippen molar-refractivity contribution in [2.24, 2.45) is 34.0 Å². The quantitative estimate of drug-likeness (QED) is 0.0148. The number of aromatic carboxylic acids is 1. The minimum absolute atomic E-state index is 0.0477. The monoisotopic (exact) mass is 1770 g/mol. The van der Waals surface area contributed by atoms with Crippen molar-refractivity contribution in [1.82, 2.24) is 40.2 Å². The molecule has 4 bridgehead atoms. The van der Waals surface area contributed by atoms with Gasteiger partial charge in [-0.15, -0.1) is 0 Å². The molecular formula is C87H108N10O26S2. The molecule has 1 saturated heterocycles. The second-order valence-electron chi connectivity index (χ2n) is 35.8. The summed E-state index contributed by atoms with van der Waals surface area (Å²) >= 11 is 1.38. The number of aryl methyl sites for hydroxylation is 1. The van der Waals surface area contributed by atoms with Gasteiger partial charge in [0.15, 0.2) is 28.5 Å². The van der Waals surface area contributed by atoms with Crippen LogP contribution in [-0.2, 0) is 102 Å². The highest BCUT2D eigenvalue weighted by molar-refractivity contribution is 7.85. The number of imide groups is 1. The molecule has 6 amide bonds. The molecule has 13 N–H and O–H groups in total. The second-order valence-corrected chi connectivity index (χ2v) is 38.4. The fourth-order valence-electron chi connectivity index (χ4n) is 20.6. The number of aliphatic hydroxyl groups excluding tert-OH is 7. The van der Waals surface area contributed by atoms with Crippen LogP contribution in [0.15, 0.2) is 91.1 Å². The molecule has 6 heterocycles. The summed E-state index contributed by atoms with van der Waals surface area (Å²) in [6.45, 7) is 9.75. The molecule has 125 heavy (non-hydrogen) atoms. The summed E-state index contributed by atoms with van der Waals surface area (Å²) in [5.74, 6) is -10.4. The maximum Gasteiger partial charge on any atom is 0.410 e. The van der Waals surface area contributed by atoms with Crippen LogP contribution in [0.1, 0.15) is 153 Å². The molecule has 15 atom stereocenters. The number of carbonyl (C=O) groups excluding carboxylic acids is 8. The summed E-state index contributed by atoms with van der Waals surface area (Å²) in [5, 5.41) is 109. The molecule has 5 aliphatic carbocycles. The molecule has 8 aliphatic rings. The molecule has 36 nitrogen and oxygen atoms in total. The summed E-state index contributed by atoms with van der Waals surface area (Å²) in [6.07, 6.45) is -8.04. The number of hydrogen-bond donors (Lipinski definition) is 13. The van der Waals surface area contributed by atoms with Crippen molar-refractivity contribution in [3.05, 3.63) is 136 Å². The molecule has 0 spiro atoms. The van der Waals surface area contributed by atoms with Gasteiger partial charge in [0.1, 0.15) is 49.0 Å². The Balaban J connectivity index is 0.681. The number of thiazole rings is 1. The van der Waals surface area contributed by atoms with Crippen molar-refractivity contribution in [2.75, 3.05) is 62.0 Å². The van der Waals surface area contributed by atoms with Crippen LogP contribution in [0.5, 0.6) is 0 Å². The standard InChI is InChI=1S/C87H108N10O26S2/c1-46(2)70(92-67(102)33-56-53(37-120-28-29-125(117,118)119)32-60(72(56)105)97-68(103)20-21-69(97)104)79(111)89-47(3)62(100)31-49-14-15-52(51(30-49)16-18-64-74(107)75(108)76(109)77(123-64)81(114)115)38-121-83(116)94(25-23-61(99)73(106)63(101)36-98)26-27-122-87-42-84(5)39-85(6,43-87)41-86(40-84,44-87)45-96-48(4)57(34-88-96)54-17-19-66(91-71(54)80(112)113)95-24-22-50-10-9-11-55(58(50)35-95)78(110)93-82-90-59-12-7-8-13-65(59)124-82/h7-15,17,19-21,30,34,46-47,53,56,60-61,63-64,70,73-77,98-99,101,106-109H,16,18,22-29,31-33,35-45H2,1-6H3,(H,89,111)(H,92,102)(H,112,113)(H,114,115)(H,90,93,110)(H,117,118,119)/t47-,53-,56?,60-,61+,63+,64-,70-,73-,74-,75+,76-,77-,84?,85?,86?,87?/m0/s1. The molecule has 0 radical (unpaired) electrons. The summed E-state index contributed by atoms with van der Waals surface area (Å²) in [6, 6.07) is 17.6. The zero-order valence-corrected chi connectivity index (χ0v) is 71.8. The van der Waals surface area contributed by atoms with Gasteiger partial charge in [0.2, 0.25) is 11.8 Å². The molecule has 38 heteroatoms. The first-order chi connectivity index (χ1) is 59.1. The number of fused-ring (bicyclic) bond motifs is 2. The predicted octanol–water partition coefficient (Wildman–Crippen LogP) is 4.03. The van der Waals surface area contributed by atoms with E-state index in [9.17, 15) is 107 Å². The van der Waals surface area contributed by atoms with E-state index in [-0.39, 0.29) is 86.3 Å². The number of amides is 6. The summed E-state index contributed by atoms with van der Waals surface area (Å²) in [7, 11) is -4.43. The van der Waals surface area contributed by atoms with Crippen LogP contribution in [0.25, 0.3) is 21.3 Å². The molecule has 3 aromatic heterocycles. The van der Waals surface area contributed by atoms with E-state index in [0.29, 0.717) is 89.6 Å². The molecule has 5 saturated carbocycles. The van der Waals surface area contributed by atoms with E-state index >= 15 is 0 Å². The van der Waals surface area contributed by atoms with Crippen molar-refractivity contribution >= 4 is 102 Å². The SMILES string of the molecule is Cc1c(-c2ccc(N3CCc4cccc(C(=O)Nc5nc6ccccc6s5)c4C3)nc2C(=O)O)cnn1CC12CC3(C)CC(C)(C1)CC(OCCN(CC[C@@H](O)[C@H](O)[C@H](O)CO)C(=O)OCc1ccc(CC(=O)[C@H](C)NC(=O)[C@@H](NC(=O)CC4C(=O)[C@@H](N5C(=O)C=CC5=O)C[C@H]4COCCS(=O)(=O)O)C(C)C)cc1CC[C@@H]1O[C@H](C(=O)O)[C@@H](O)[C@H](O)[C@H]1O)(C3)C2. The van der Waals surface area contributed by atoms with E-state index in [4.69, 9.17) is 29.0 Å². The maximum atomic E-state index is 14.8. The van der Waals surface area contributed by atoms with Gasteiger partial charge in [-0.05, 0) is 171 Å². The van der Waals surface area contributed by atoms with Gasteiger partial charge in [-0.3, -0.25) is 53.0 Å². The average molecular weight is 1770 g/mol. The van der Waals surface area contributed by atoms with Crippen LogP contribution in [0.3, 0.4) is 0 Å². The molecule has 6 fully saturated rings. The topological polar surface area (TPSA) is 533 Å². The van der Waals surface area contributed by atoms with Gasteiger partial charge < -0.3 is 85.3 Å².